The molecule has 0 aliphatic carbocycles. The van der Waals surface area contributed by atoms with Crippen molar-refractivity contribution in [2.45, 2.75) is 12.4 Å². The fourth-order valence-electron chi connectivity index (χ4n) is 1.10. The van der Waals surface area contributed by atoms with Gasteiger partial charge < -0.3 is 5.73 Å². The van der Waals surface area contributed by atoms with Gasteiger partial charge in [0.1, 0.15) is 0 Å². The van der Waals surface area contributed by atoms with Crippen LogP contribution in [0.4, 0.5) is 26.3 Å². The first-order valence-electron chi connectivity index (χ1n) is 4.11. The quantitative estimate of drug-likeness (QED) is 0.772. The van der Waals surface area contributed by atoms with E-state index in [0.29, 0.717) is 0 Å². The minimum Gasteiger partial charge on any atom is -0.366 e. The molecule has 1 rings (SSSR count). The molecule has 0 bridgehead atoms. The first-order valence-corrected chi connectivity index (χ1v) is 4.11. The van der Waals surface area contributed by atoms with Crippen LogP contribution in [0.2, 0.25) is 0 Å². The predicted octanol–water partition coefficient (Wildman–Crippen LogP) is 2.82. The summed E-state index contributed by atoms with van der Waals surface area (Å²) in [6.45, 7) is 0. The fraction of sp³-hybridized carbons (Fsp3) is 0.222. The molecule has 0 unspecified atom stereocenters. The Balaban J connectivity index is 3.45. The van der Waals surface area contributed by atoms with Gasteiger partial charge in [0.05, 0.1) is 11.1 Å². The van der Waals surface area contributed by atoms with E-state index in [9.17, 15) is 31.1 Å². The number of alkyl halides is 6. The van der Waals surface area contributed by atoms with Crippen LogP contribution < -0.4 is 5.73 Å². The Labute approximate surface area is 91.0 Å². The summed E-state index contributed by atoms with van der Waals surface area (Å²) >= 11 is 0. The Kier molecular flexibility index (Phi) is 3.09. The van der Waals surface area contributed by atoms with Gasteiger partial charge in [-0.2, -0.15) is 26.3 Å². The number of rotatable bonds is 1. The van der Waals surface area contributed by atoms with Gasteiger partial charge in [0.2, 0.25) is 5.91 Å². The molecule has 0 saturated carbocycles. The number of nitrogens with two attached hydrogens (primary N) is 1. The molecule has 1 aromatic rings. The maximum Gasteiger partial charge on any atom is 0.416 e. The second-order valence-electron chi connectivity index (χ2n) is 3.16. The molecule has 0 saturated heterocycles. The van der Waals surface area contributed by atoms with Crippen molar-refractivity contribution in [3.8, 4) is 0 Å². The lowest BCUT2D eigenvalue weighted by Crippen LogP contribution is -2.17. The van der Waals surface area contributed by atoms with Crippen LogP contribution in [0.25, 0.3) is 0 Å². The van der Waals surface area contributed by atoms with Crippen LogP contribution in [0.15, 0.2) is 18.2 Å². The Morgan fingerprint density at radius 2 is 1.24 bits per heavy atom. The van der Waals surface area contributed by atoms with E-state index in [1.807, 2.05) is 0 Å². The van der Waals surface area contributed by atoms with Gasteiger partial charge in [-0.25, -0.2) is 0 Å². The maximum absolute atomic E-state index is 12.3. The summed E-state index contributed by atoms with van der Waals surface area (Å²) in [5, 5.41) is 0. The molecule has 8 heteroatoms. The molecular formula is C9H5F6NO. The largest absolute Gasteiger partial charge is 0.416 e. The highest BCUT2D eigenvalue weighted by atomic mass is 19.4. The van der Waals surface area contributed by atoms with Gasteiger partial charge in [0, 0.05) is 5.56 Å². The molecule has 17 heavy (non-hydrogen) atoms. The van der Waals surface area contributed by atoms with E-state index in [2.05, 4.69) is 5.73 Å². The maximum atomic E-state index is 12.3. The molecule has 0 fully saturated rings. The van der Waals surface area contributed by atoms with Gasteiger partial charge in [0.25, 0.3) is 0 Å². The number of primary amides is 1. The lowest BCUT2D eigenvalue weighted by Gasteiger charge is -2.12. The highest BCUT2D eigenvalue weighted by molar-refractivity contribution is 5.93. The van der Waals surface area contributed by atoms with Crippen LogP contribution in [-0.4, -0.2) is 5.91 Å². The van der Waals surface area contributed by atoms with E-state index in [-0.39, 0.29) is 18.2 Å². The van der Waals surface area contributed by atoms with E-state index in [0.717, 1.165) is 0 Å². The van der Waals surface area contributed by atoms with E-state index in [1.54, 1.807) is 0 Å². The van der Waals surface area contributed by atoms with Crippen molar-refractivity contribution in [2.24, 2.45) is 5.73 Å². The minimum atomic E-state index is -4.98. The van der Waals surface area contributed by atoms with Crippen molar-refractivity contribution in [3.05, 3.63) is 34.9 Å². The number of carbonyl (C=O) groups is 1. The monoisotopic (exact) mass is 257 g/mol. The van der Waals surface area contributed by atoms with Crippen molar-refractivity contribution < 1.29 is 31.1 Å². The Morgan fingerprint density at radius 1 is 0.882 bits per heavy atom. The predicted molar refractivity (Wildman–Crippen MR) is 45.0 cm³/mol. The molecular weight excluding hydrogens is 252 g/mol. The van der Waals surface area contributed by atoms with E-state index < -0.39 is 35.0 Å². The van der Waals surface area contributed by atoms with Crippen molar-refractivity contribution in [3.63, 3.8) is 0 Å². The van der Waals surface area contributed by atoms with Crippen LogP contribution >= 0.6 is 0 Å². The molecule has 0 aliphatic heterocycles. The summed E-state index contributed by atoms with van der Waals surface area (Å²) in [7, 11) is 0. The standard InChI is InChI=1S/C9H5F6NO/c10-8(11,12)5-1-4(7(16)17)2-6(3-5)9(13,14)15/h1-3H,(H2,16,17). The van der Waals surface area contributed by atoms with Crippen LogP contribution in [-0.2, 0) is 12.4 Å². The molecule has 2 nitrogen and oxygen atoms in total. The summed E-state index contributed by atoms with van der Waals surface area (Å²) in [5.74, 6) is -1.36. The average molecular weight is 257 g/mol. The van der Waals surface area contributed by atoms with Crippen molar-refractivity contribution in [1.82, 2.24) is 0 Å². The van der Waals surface area contributed by atoms with Gasteiger partial charge in [-0.1, -0.05) is 0 Å². The highest BCUT2D eigenvalue weighted by Gasteiger charge is 2.37. The fourth-order valence-corrected chi connectivity index (χ4v) is 1.10. The first-order chi connectivity index (χ1) is 7.51. The zero-order valence-electron chi connectivity index (χ0n) is 7.99. The zero-order valence-corrected chi connectivity index (χ0v) is 7.99. The first kappa shape index (κ1) is 13.3. The summed E-state index contributed by atoms with van der Waals surface area (Å²) in [5.41, 5.74) is 0.687. The van der Waals surface area contributed by atoms with Gasteiger partial charge in [0.15, 0.2) is 0 Å². The molecule has 0 heterocycles. The minimum absolute atomic E-state index is 0.0769. The summed E-state index contributed by atoms with van der Waals surface area (Å²) < 4.78 is 73.7. The Bertz CT molecular complexity index is 416. The SMILES string of the molecule is NC(=O)c1cc(C(F)(F)F)cc(C(F)(F)F)c1. The topological polar surface area (TPSA) is 43.1 Å². The molecule has 2 N–H and O–H groups in total. The third kappa shape index (κ3) is 3.11. The van der Waals surface area contributed by atoms with Crippen molar-refractivity contribution >= 4 is 5.91 Å². The number of benzene rings is 1. The number of carbonyl (C=O) groups excluding carboxylic acids is 1. The third-order valence-electron chi connectivity index (χ3n) is 1.87. The van der Waals surface area contributed by atoms with E-state index >= 15 is 0 Å². The smallest absolute Gasteiger partial charge is 0.366 e. The lowest BCUT2D eigenvalue weighted by atomic mass is 10.0. The van der Waals surface area contributed by atoms with Gasteiger partial charge in [-0.3, -0.25) is 4.79 Å². The molecule has 1 amide bonds. The number of hydrogen-bond donors (Lipinski definition) is 1. The van der Waals surface area contributed by atoms with Gasteiger partial charge >= 0.3 is 12.4 Å². The van der Waals surface area contributed by atoms with Crippen LogP contribution in [0.1, 0.15) is 21.5 Å². The molecule has 94 valence electrons. The lowest BCUT2D eigenvalue weighted by molar-refractivity contribution is -0.143. The second-order valence-corrected chi connectivity index (χ2v) is 3.16. The molecule has 1 aromatic carbocycles. The summed E-state index contributed by atoms with van der Waals surface area (Å²) in [4.78, 5) is 10.6. The van der Waals surface area contributed by atoms with Crippen LogP contribution in [0.5, 0.6) is 0 Å². The van der Waals surface area contributed by atoms with E-state index in [1.165, 1.54) is 0 Å². The molecule has 0 aliphatic rings. The Morgan fingerprint density at radius 3 is 1.47 bits per heavy atom. The second kappa shape index (κ2) is 3.94. The summed E-state index contributed by atoms with van der Waals surface area (Å²) in [6, 6.07) is 0.474. The average Bonchev–Trinajstić information content (AvgIpc) is 2.14. The highest BCUT2D eigenvalue weighted by Crippen LogP contribution is 2.36. The molecule has 0 atom stereocenters. The number of amides is 1. The molecule has 0 radical (unpaired) electrons. The Hall–Kier alpha value is -1.73. The zero-order chi connectivity index (χ0) is 13.4. The summed E-state index contributed by atoms with van der Waals surface area (Å²) in [6.07, 6.45) is -9.96. The van der Waals surface area contributed by atoms with E-state index in [4.69, 9.17) is 0 Å². The van der Waals surface area contributed by atoms with Crippen LogP contribution in [0, 0.1) is 0 Å². The molecule has 0 spiro atoms. The van der Waals surface area contributed by atoms with Gasteiger partial charge in [-0.05, 0) is 18.2 Å². The number of halogens is 6. The third-order valence-corrected chi connectivity index (χ3v) is 1.87. The van der Waals surface area contributed by atoms with Crippen LogP contribution in [0.3, 0.4) is 0 Å². The van der Waals surface area contributed by atoms with Crippen molar-refractivity contribution in [2.75, 3.05) is 0 Å². The number of hydrogen-bond acceptors (Lipinski definition) is 1. The van der Waals surface area contributed by atoms with Gasteiger partial charge in [-0.15, -0.1) is 0 Å². The normalized spacial score (nSPS) is 12.6. The molecule has 0 aromatic heterocycles. The van der Waals surface area contributed by atoms with Crippen molar-refractivity contribution in [1.29, 1.82) is 0 Å².